The van der Waals surface area contributed by atoms with Crippen molar-refractivity contribution in [3.05, 3.63) is 65.2 Å². The van der Waals surface area contributed by atoms with E-state index < -0.39 is 50.0 Å². The second-order valence-corrected chi connectivity index (χ2v) is 24.4. The Morgan fingerprint density at radius 1 is 1.10 bits per heavy atom. The number of imide groups is 1. The van der Waals surface area contributed by atoms with E-state index in [1.54, 1.807) is 31.3 Å². The molecule has 0 bridgehead atoms. The molecule has 0 aliphatic carbocycles. The smallest absolute Gasteiger partial charge is 0.407 e. The first kappa shape index (κ1) is 47.7. The predicted octanol–water partition coefficient (Wildman–Crippen LogP) is 10.1. The molecular formula is C46H67N3O8SSi. The van der Waals surface area contributed by atoms with Crippen LogP contribution in [0.1, 0.15) is 123 Å². The number of nitrogens with one attached hydrogen (secondary N) is 1. The summed E-state index contributed by atoms with van der Waals surface area (Å²) in [5, 5.41) is 3.63. The van der Waals surface area contributed by atoms with Crippen molar-refractivity contribution >= 4 is 59.5 Å². The number of ether oxygens (including phenoxy) is 2. The number of Topliss-reactive ketones (excluding diaryl/α,β-unsaturated/α-hetero) is 1. The summed E-state index contributed by atoms with van der Waals surface area (Å²) in [6.07, 6.45) is 8.30. The fraction of sp³-hybridized carbons (Fsp3) is 0.609. The lowest BCUT2D eigenvalue weighted by atomic mass is 9.71. The summed E-state index contributed by atoms with van der Waals surface area (Å²) < 4.78 is 20.6. The number of fused-ring (bicyclic) bond motifs is 1. The highest BCUT2D eigenvalue weighted by atomic mass is 32.1. The summed E-state index contributed by atoms with van der Waals surface area (Å²) in [6.45, 7) is 25.3. The Bertz CT molecular complexity index is 1890. The number of benzene rings is 1. The number of thiazole rings is 1. The summed E-state index contributed by atoms with van der Waals surface area (Å²) >= 11 is 1.60. The molecule has 2 aliphatic rings. The lowest BCUT2D eigenvalue weighted by Crippen LogP contribution is -2.53. The number of carbonyl (C=O) groups is 5. The van der Waals surface area contributed by atoms with Gasteiger partial charge in [0.25, 0.3) is 11.8 Å². The molecule has 1 aromatic carbocycles. The zero-order valence-electron chi connectivity index (χ0n) is 37.0. The minimum atomic E-state index is -2.38. The number of aryl methyl sites for hydroxylation is 1. The first-order valence-electron chi connectivity index (χ1n) is 21.2. The van der Waals surface area contributed by atoms with Gasteiger partial charge >= 0.3 is 12.1 Å². The van der Waals surface area contributed by atoms with Gasteiger partial charge in [-0.05, 0) is 114 Å². The van der Waals surface area contributed by atoms with Crippen molar-refractivity contribution in [2.45, 2.75) is 150 Å². The van der Waals surface area contributed by atoms with E-state index in [-0.39, 0.29) is 41.5 Å². The van der Waals surface area contributed by atoms with Crippen molar-refractivity contribution in [1.82, 2.24) is 15.2 Å². The minimum Gasteiger partial charge on any atom is -0.457 e. The maximum absolute atomic E-state index is 15.1. The third-order valence-electron chi connectivity index (χ3n) is 12.3. The third kappa shape index (κ3) is 12.8. The van der Waals surface area contributed by atoms with Crippen LogP contribution in [-0.4, -0.2) is 73.2 Å². The molecule has 11 nitrogen and oxygen atoms in total. The second kappa shape index (κ2) is 20.5. The molecule has 324 valence electrons. The summed E-state index contributed by atoms with van der Waals surface area (Å²) in [5.41, 5.74) is 1.50. The fourth-order valence-corrected chi connectivity index (χ4v) is 9.73. The lowest BCUT2D eigenvalue weighted by Gasteiger charge is -2.45. The SMILES string of the molecule is C=CC[C@H]1C(=O)C(C)(C)[C@@H](OC(=O)NCCCCCN2C(=O)C=CC2=O)CC(=O)O[C@H](c2ccc3sc(C)nc3c2)C/C=C(/C)CCC[C@H](C)[C@@H]1O[Si](C)(C)C(C)(C)C. The van der Waals surface area contributed by atoms with Gasteiger partial charge in [0.2, 0.25) is 0 Å². The van der Waals surface area contributed by atoms with Gasteiger partial charge in [-0.15, -0.1) is 17.9 Å². The molecule has 2 aliphatic heterocycles. The Labute approximate surface area is 356 Å². The molecule has 0 spiro atoms. The molecule has 0 radical (unpaired) electrons. The highest BCUT2D eigenvalue weighted by molar-refractivity contribution is 7.18. The number of alkyl carbamates (subject to hydrolysis) is 1. The fourth-order valence-electron chi connectivity index (χ4n) is 7.49. The molecule has 4 rings (SSSR count). The molecule has 3 heterocycles. The van der Waals surface area contributed by atoms with Crippen LogP contribution >= 0.6 is 11.3 Å². The molecule has 0 saturated heterocycles. The van der Waals surface area contributed by atoms with Gasteiger partial charge in [0.1, 0.15) is 18.0 Å². The monoisotopic (exact) mass is 849 g/mol. The number of allylic oxidation sites excluding steroid dienone is 2. The Morgan fingerprint density at radius 2 is 1.80 bits per heavy atom. The van der Waals surface area contributed by atoms with E-state index in [0.29, 0.717) is 38.6 Å². The number of ketones is 1. The number of amides is 3. The van der Waals surface area contributed by atoms with E-state index in [2.05, 4.69) is 70.7 Å². The van der Waals surface area contributed by atoms with Crippen LogP contribution in [0, 0.1) is 24.2 Å². The van der Waals surface area contributed by atoms with Crippen molar-refractivity contribution in [3.8, 4) is 0 Å². The number of carbonyl (C=O) groups excluding carboxylic acids is 5. The first-order valence-corrected chi connectivity index (χ1v) is 24.9. The molecule has 59 heavy (non-hydrogen) atoms. The standard InChI is InChI=1S/C46H67N3O8SSi/c1-12-17-34-42(57-59(10,11)45(5,6)7)31(3)19-16-18-30(2)20-22-36(33-21-23-37-35(28-33)48-32(4)58-37)55-41(52)29-38(46(8,9)43(34)53)56-44(54)47-26-14-13-15-27-49-39(50)24-25-40(49)51/h12,20-21,23-25,28,31,34,36,38,42H,1,13-19,22,26-27,29H2,2-11H3,(H,47,54)/b30-20-/t31-,34+,36-,38-,42-/m0/s1. The van der Waals surface area contributed by atoms with Crippen LogP contribution in [0.3, 0.4) is 0 Å². The maximum atomic E-state index is 15.1. The van der Waals surface area contributed by atoms with Crippen LogP contribution in [-0.2, 0) is 33.1 Å². The number of aromatic nitrogens is 1. The summed E-state index contributed by atoms with van der Waals surface area (Å²) in [5.74, 6) is -1.98. The number of rotatable bonds is 12. The van der Waals surface area contributed by atoms with Gasteiger partial charge in [0.05, 0.1) is 33.2 Å². The van der Waals surface area contributed by atoms with Crippen LogP contribution < -0.4 is 5.32 Å². The summed E-state index contributed by atoms with van der Waals surface area (Å²) in [7, 11) is -2.38. The number of esters is 1. The minimum absolute atomic E-state index is 0.0289. The average Bonchev–Trinajstić information content (AvgIpc) is 3.69. The first-order chi connectivity index (χ1) is 27.6. The van der Waals surface area contributed by atoms with Gasteiger partial charge in [-0.1, -0.05) is 51.5 Å². The van der Waals surface area contributed by atoms with Crippen molar-refractivity contribution in [2.24, 2.45) is 17.3 Å². The van der Waals surface area contributed by atoms with Crippen molar-refractivity contribution in [1.29, 1.82) is 0 Å². The van der Waals surface area contributed by atoms with E-state index >= 15 is 4.79 Å². The van der Waals surface area contributed by atoms with Crippen LogP contribution in [0.15, 0.2) is 54.7 Å². The Kier molecular flexibility index (Phi) is 16.6. The number of hydrogen-bond acceptors (Lipinski definition) is 10. The van der Waals surface area contributed by atoms with Crippen molar-refractivity contribution in [2.75, 3.05) is 13.1 Å². The van der Waals surface area contributed by atoms with Crippen molar-refractivity contribution < 1.29 is 37.9 Å². The third-order valence-corrected chi connectivity index (χ3v) is 17.7. The summed E-state index contributed by atoms with van der Waals surface area (Å²) in [4.78, 5) is 72.4. The molecule has 5 atom stereocenters. The predicted molar refractivity (Wildman–Crippen MR) is 236 cm³/mol. The second-order valence-electron chi connectivity index (χ2n) is 18.4. The lowest BCUT2D eigenvalue weighted by molar-refractivity contribution is -0.156. The van der Waals surface area contributed by atoms with E-state index in [9.17, 15) is 19.2 Å². The van der Waals surface area contributed by atoms with E-state index in [0.717, 1.165) is 40.1 Å². The quantitative estimate of drug-likeness (QED) is 0.0726. The van der Waals surface area contributed by atoms with E-state index in [4.69, 9.17) is 13.9 Å². The molecule has 2 aromatic rings. The van der Waals surface area contributed by atoms with Gasteiger partial charge in [-0.3, -0.25) is 24.1 Å². The van der Waals surface area contributed by atoms with E-state index in [1.807, 2.05) is 25.1 Å². The normalized spacial score (nSPS) is 24.8. The average molecular weight is 850 g/mol. The van der Waals surface area contributed by atoms with Gasteiger partial charge in [0.15, 0.2) is 8.32 Å². The number of cyclic esters (lactones) is 1. The van der Waals surface area contributed by atoms with Gasteiger partial charge in [0, 0.05) is 37.6 Å². The van der Waals surface area contributed by atoms with Gasteiger partial charge in [-0.2, -0.15) is 0 Å². The van der Waals surface area contributed by atoms with Crippen molar-refractivity contribution in [3.63, 3.8) is 0 Å². The molecular weight excluding hydrogens is 783 g/mol. The molecule has 0 unspecified atom stereocenters. The zero-order chi connectivity index (χ0) is 43.7. The van der Waals surface area contributed by atoms with Crippen LogP contribution in [0.25, 0.3) is 10.2 Å². The maximum Gasteiger partial charge on any atom is 0.407 e. The van der Waals surface area contributed by atoms with Crippen LogP contribution in [0.2, 0.25) is 18.1 Å². The number of hydrogen-bond donors (Lipinski definition) is 1. The topological polar surface area (TPSA) is 141 Å². The molecule has 0 saturated carbocycles. The van der Waals surface area contributed by atoms with Gasteiger partial charge < -0.3 is 19.2 Å². The Balaban J connectivity index is 1.65. The van der Waals surface area contributed by atoms with Crippen LogP contribution in [0.4, 0.5) is 4.79 Å². The number of nitrogens with zero attached hydrogens (tertiary/aromatic N) is 2. The highest BCUT2D eigenvalue weighted by Gasteiger charge is 2.49. The summed E-state index contributed by atoms with van der Waals surface area (Å²) in [6, 6.07) is 5.94. The number of unbranched alkanes of at least 4 members (excludes halogenated alkanes) is 2. The van der Waals surface area contributed by atoms with Gasteiger partial charge in [-0.25, -0.2) is 9.78 Å². The molecule has 13 heteroatoms. The molecule has 1 aromatic heterocycles. The molecule has 1 N–H and O–H groups in total. The molecule has 3 amide bonds. The largest absolute Gasteiger partial charge is 0.457 e. The Morgan fingerprint density at radius 3 is 2.46 bits per heavy atom. The van der Waals surface area contributed by atoms with Crippen LogP contribution in [0.5, 0.6) is 0 Å². The van der Waals surface area contributed by atoms with E-state index in [1.165, 1.54) is 22.6 Å². The molecule has 0 fully saturated rings. The highest BCUT2D eigenvalue weighted by Crippen LogP contribution is 2.43. The zero-order valence-corrected chi connectivity index (χ0v) is 38.8. The Hall–Kier alpha value is -3.94.